The van der Waals surface area contributed by atoms with E-state index in [4.69, 9.17) is 4.74 Å². The van der Waals surface area contributed by atoms with Crippen LogP contribution in [0.2, 0.25) is 0 Å². The van der Waals surface area contributed by atoms with Crippen LogP contribution in [-0.2, 0) is 6.42 Å². The van der Waals surface area contributed by atoms with E-state index in [1.54, 1.807) is 30.3 Å². The van der Waals surface area contributed by atoms with Gasteiger partial charge >= 0.3 is 0 Å². The topological polar surface area (TPSA) is 107 Å². The van der Waals surface area contributed by atoms with E-state index >= 15 is 0 Å². The number of hydrogen-bond acceptors (Lipinski definition) is 6. The number of aromatic hydroxyl groups is 2. The van der Waals surface area contributed by atoms with Crippen molar-refractivity contribution in [2.45, 2.75) is 12.2 Å². The summed E-state index contributed by atoms with van der Waals surface area (Å²) in [6.07, 6.45) is -0.348. The van der Waals surface area contributed by atoms with Crippen LogP contribution in [0.25, 0.3) is 0 Å². The maximum absolute atomic E-state index is 12.2. The van der Waals surface area contributed by atoms with E-state index in [-0.39, 0.29) is 12.2 Å². The lowest BCUT2D eigenvalue weighted by Crippen LogP contribution is -2.40. The Morgan fingerprint density at radius 2 is 1.68 bits per heavy atom. The first-order valence-corrected chi connectivity index (χ1v) is 6.49. The van der Waals surface area contributed by atoms with E-state index in [2.05, 4.69) is 0 Å². The number of Topliss-reactive ketones (excluding diaryl/α,β-unsaturated/α-hetero) is 1. The summed E-state index contributed by atoms with van der Waals surface area (Å²) < 4.78 is 4.80. The number of methoxy groups -OCH3 is 1. The third-order valence-electron chi connectivity index (χ3n) is 3.24. The summed E-state index contributed by atoms with van der Waals surface area (Å²) in [4.78, 5) is 12.2. The Bertz CT molecular complexity index is 679. The van der Waals surface area contributed by atoms with E-state index in [1.165, 1.54) is 13.2 Å². The number of phenols is 2. The molecule has 2 aromatic rings. The number of hydrogen-bond donors (Lipinski definition) is 4. The molecule has 6 heteroatoms. The molecule has 0 aliphatic heterocycles. The van der Waals surface area contributed by atoms with Crippen molar-refractivity contribution in [1.29, 1.82) is 0 Å². The van der Waals surface area contributed by atoms with Crippen LogP contribution in [0.1, 0.15) is 15.9 Å². The molecule has 0 amide bonds. The van der Waals surface area contributed by atoms with E-state index in [9.17, 15) is 25.2 Å². The number of benzene rings is 2. The van der Waals surface area contributed by atoms with Gasteiger partial charge in [-0.05, 0) is 17.7 Å². The highest BCUT2D eigenvalue weighted by atomic mass is 16.5. The summed E-state index contributed by atoms with van der Waals surface area (Å²) in [6.45, 7) is 0. The fourth-order valence-electron chi connectivity index (χ4n) is 2.09. The van der Waals surface area contributed by atoms with Gasteiger partial charge in [0.15, 0.2) is 11.5 Å². The van der Waals surface area contributed by atoms with Crippen LogP contribution in [0.4, 0.5) is 0 Å². The van der Waals surface area contributed by atoms with Crippen molar-refractivity contribution < 1.29 is 30.0 Å². The lowest BCUT2D eigenvalue weighted by atomic mass is 9.95. The molecule has 0 unspecified atom stereocenters. The largest absolute Gasteiger partial charge is 0.504 e. The predicted molar refractivity (Wildman–Crippen MR) is 78.0 cm³/mol. The highest BCUT2D eigenvalue weighted by Gasteiger charge is 2.36. The summed E-state index contributed by atoms with van der Waals surface area (Å²) in [5.74, 6) is -5.25. The van der Waals surface area contributed by atoms with Gasteiger partial charge in [0.1, 0.15) is 0 Å². The van der Waals surface area contributed by atoms with Crippen molar-refractivity contribution in [3.05, 3.63) is 53.6 Å². The molecule has 4 N–H and O–H groups in total. The highest BCUT2D eigenvalue weighted by Crippen LogP contribution is 2.39. The zero-order chi connectivity index (χ0) is 16.3. The first-order valence-electron chi connectivity index (χ1n) is 6.49. The Hall–Kier alpha value is -2.57. The number of phenolic OH excluding ortho intramolecular Hbond substituents is 2. The number of rotatable bonds is 5. The molecule has 0 saturated heterocycles. The van der Waals surface area contributed by atoms with E-state index < -0.39 is 28.6 Å². The van der Waals surface area contributed by atoms with Gasteiger partial charge in [-0.3, -0.25) is 4.79 Å². The Kier molecular flexibility index (Phi) is 4.35. The molecule has 0 bridgehead atoms. The lowest BCUT2D eigenvalue weighted by molar-refractivity contribution is -0.120. The highest BCUT2D eigenvalue weighted by molar-refractivity contribution is 6.04. The maximum Gasteiger partial charge on any atom is 0.233 e. The Morgan fingerprint density at radius 1 is 1.05 bits per heavy atom. The van der Waals surface area contributed by atoms with Gasteiger partial charge in [0, 0.05) is 6.42 Å². The molecule has 6 nitrogen and oxygen atoms in total. The SMILES string of the molecule is COc1ccc(C(=O)C(O)(O)Cc2ccccc2)c(O)c1O. The molecule has 0 saturated carbocycles. The molecule has 2 rings (SSSR count). The second kappa shape index (κ2) is 6.05. The Labute approximate surface area is 126 Å². The van der Waals surface area contributed by atoms with Crippen molar-refractivity contribution in [1.82, 2.24) is 0 Å². The van der Waals surface area contributed by atoms with Gasteiger partial charge in [-0.1, -0.05) is 30.3 Å². The molecule has 0 spiro atoms. The molecule has 0 atom stereocenters. The van der Waals surface area contributed by atoms with Crippen LogP contribution in [0.15, 0.2) is 42.5 Å². The van der Waals surface area contributed by atoms with E-state index in [1.807, 2.05) is 0 Å². The summed E-state index contributed by atoms with van der Waals surface area (Å²) >= 11 is 0. The van der Waals surface area contributed by atoms with Gasteiger partial charge in [-0.15, -0.1) is 0 Å². The van der Waals surface area contributed by atoms with Gasteiger partial charge in [-0.2, -0.15) is 0 Å². The summed E-state index contributed by atoms with van der Waals surface area (Å²) in [5, 5.41) is 39.6. The predicted octanol–water partition coefficient (Wildman–Crippen LogP) is 1.21. The number of carbonyl (C=O) groups is 1. The third-order valence-corrected chi connectivity index (χ3v) is 3.24. The molecule has 22 heavy (non-hydrogen) atoms. The molecule has 0 aromatic heterocycles. The Morgan fingerprint density at radius 3 is 2.27 bits per heavy atom. The number of ether oxygens (including phenoxy) is 1. The minimum atomic E-state index is -2.71. The third kappa shape index (κ3) is 3.03. The first-order chi connectivity index (χ1) is 10.4. The molecule has 0 aliphatic rings. The fraction of sp³-hybridized carbons (Fsp3) is 0.188. The average molecular weight is 304 g/mol. The smallest absolute Gasteiger partial charge is 0.233 e. The normalized spacial score (nSPS) is 11.2. The second-order valence-electron chi connectivity index (χ2n) is 4.82. The number of carbonyl (C=O) groups excluding carboxylic acids is 1. The monoisotopic (exact) mass is 304 g/mol. The van der Waals surface area contributed by atoms with Crippen LogP contribution in [-0.4, -0.2) is 39.1 Å². The van der Waals surface area contributed by atoms with Gasteiger partial charge < -0.3 is 25.2 Å². The van der Waals surface area contributed by atoms with Gasteiger partial charge in [-0.25, -0.2) is 0 Å². The molecule has 0 aliphatic carbocycles. The number of ketones is 1. The maximum atomic E-state index is 12.2. The van der Waals surface area contributed by atoms with Crippen LogP contribution in [0, 0.1) is 0 Å². The van der Waals surface area contributed by atoms with Gasteiger partial charge in [0.25, 0.3) is 0 Å². The molecular formula is C16H16O6. The molecule has 0 radical (unpaired) electrons. The zero-order valence-electron chi connectivity index (χ0n) is 11.9. The zero-order valence-corrected chi connectivity index (χ0v) is 11.9. The molecule has 116 valence electrons. The van der Waals surface area contributed by atoms with Gasteiger partial charge in [0.2, 0.25) is 17.3 Å². The molecule has 2 aromatic carbocycles. The Balaban J connectivity index is 2.32. The van der Waals surface area contributed by atoms with Crippen molar-refractivity contribution in [3.63, 3.8) is 0 Å². The molecule has 0 fully saturated rings. The fourth-order valence-corrected chi connectivity index (χ4v) is 2.09. The number of aliphatic hydroxyl groups is 2. The average Bonchev–Trinajstić information content (AvgIpc) is 2.50. The van der Waals surface area contributed by atoms with E-state index in [0.717, 1.165) is 6.07 Å². The van der Waals surface area contributed by atoms with Crippen LogP contribution in [0.3, 0.4) is 0 Å². The minimum absolute atomic E-state index is 0.0291. The van der Waals surface area contributed by atoms with Gasteiger partial charge in [0.05, 0.1) is 12.7 Å². The molecule has 0 heterocycles. The van der Waals surface area contributed by atoms with Crippen molar-refractivity contribution >= 4 is 5.78 Å². The summed E-state index contributed by atoms with van der Waals surface area (Å²) in [6, 6.07) is 10.8. The molecular weight excluding hydrogens is 288 g/mol. The van der Waals surface area contributed by atoms with E-state index in [0.29, 0.717) is 5.56 Å². The lowest BCUT2D eigenvalue weighted by Gasteiger charge is -2.21. The summed E-state index contributed by atoms with van der Waals surface area (Å²) in [5.41, 5.74) is 0.136. The van der Waals surface area contributed by atoms with Crippen molar-refractivity contribution in [2.24, 2.45) is 0 Å². The van der Waals surface area contributed by atoms with Crippen molar-refractivity contribution in [2.75, 3.05) is 7.11 Å². The quantitative estimate of drug-likeness (QED) is 0.376. The van der Waals surface area contributed by atoms with Crippen LogP contribution >= 0.6 is 0 Å². The summed E-state index contributed by atoms with van der Waals surface area (Å²) in [7, 11) is 1.29. The van der Waals surface area contributed by atoms with Crippen LogP contribution < -0.4 is 4.74 Å². The standard InChI is InChI=1S/C16H16O6/c1-22-12-8-7-11(13(17)14(12)18)15(19)16(20,21)9-10-5-3-2-4-6-10/h2-8,17-18,20-21H,9H2,1H3. The first kappa shape index (κ1) is 15.8. The minimum Gasteiger partial charge on any atom is -0.504 e. The van der Waals surface area contributed by atoms with Crippen LogP contribution in [0.5, 0.6) is 17.2 Å². The van der Waals surface area contributed by atoms with Crippen molar-refractivity contribution in [3.8, 4) is 17.2 Å². The second-order valence-corrected chi connectivity index (χ2v) is 4.82.